The quantitative estimate of drug-likeness (QED) is 0.547. The van der Waals surface area contributed by atoms with E-state index in [1.807, 2.05) is 63.7 Å². The maximum atomic E-state index is 12.8. The van der Waals surface area contributed by atoms with Crippen LogP contribution in [0.3, 0.4) is 0 Å². The zero-order valence-electron chi connectivity index (χ0n) is 23.5. The average Bonchev–Trinajstić information content (AvgIpc) is 3.58. The number of rotatable bonds is 9. The van der Waals surface area contributed by atoms with E-state index in [9.17, 15) is 9.59 Å². The predicted octanol–water partition coefficient (Wildman–Crippen LogP) is 3.65. The maximum Gasteiger partial charge on any atom is 0.243 e. The standard InChI is InChI=1S/C25H37N5O2.C2H6.CH4O/c1-18(2)19(3)25(32)29-14-6-7-23(29)24(31)26-17-20-8-10-21(11-9-20)22-12-13-27-30(22)16-15-28(4)5;2*1-2/h8-13,18-19,23H,6-7,14-17H2,1-5H3,(H,26,31);1-2H3;2H,1H3. The summed E-state index contributed by atoms with van der Waals surface area (Å²) in [7, 11) is 5.11. The first-order valence-electron chi connectivity index (χ1n) is 13.1. The Hall–Kier alpha value is -2.71. The van der Waals surface area contributed by atoms with E-state index in [4.69, 9.17) is 5.11 Å². The van der Waals surface area contributed by atoms with E-state index in [1.165, 1.54) is 0 Å². The lowest BCUT2D eigenvalue weighted by Gasteiger charge is -2.28. The van der Waals surface area contributed by atoms with Gasteiger partial charge < -0.3 is 20.2 Å². The zero-order valence-corrected chi connectivity index (χ0v) is 23.5. The van der Waals surface area contributed by atoms with Crippen LogP contribution in [0.25, 0.3) is 11.3 Å². The van der Waals surface area contributed by atoms with Crippen LogP contribution < -0.4 is 5.32 Å². The minimum Gasteiger partial charge on any atom is -0.400 e. The summed E-state index contributed by atoms with van der Waals surface area (Å²) in [4.78, 5) is 29.5. The lowest BCUT2D eigenvalue weighted by atomic mass is 9.96. The van der Waals surface area contributed by atoms with Gasteiger partial charge in [-0.25, -0.2) is 0 Å². The molecule has 8 heteroatoms. The van der Waals surface area contributed by atoms with Gasteiger partial charge in [0, 0.05) is 38.9 Å². The molecule has 2 amide bonds. The third-order valence-corrected chi connectivity index (χ3v) is 6.42. The van der Waals surface area contributed by atoms with Gasteiger partial charge in [-0.2, -0.15) is 5.10 Å². The molecular formula is C28H47N5O3. The molecule has 2 unspecified atom stereocenters. The van der Waals surface area contributed by atoms with Gasteiger partial charge in [0.25, 0.3) is 0 Å². The number of carbonyl (C=O) groups is 2. The van der Waals surface area contributed by atoms with Crippen LogP contribution in [0.1, 0.15) is 53.0 Å². The van der Waals surface area contributed by atoms with Crippen LogP contribution in [0.4, 0.5) is 0 Å². The van der Waals surface area contributed by atoms with Crippen LogP contribution >= 0.6 is 0 Å². The third-order valence-electron chi connectivity index (χ3n) is 6.42. The van der Waals surface area contributed by atoms with E-state index < -0.39 is 0 Å². The van der Waals surface area contributed by atoms with Gasteiger partial charge in [0.2, 0.25) is 11.8 Å². The molecule has 1 aliphatic rings. The van der Waals surface area contributed by atoms with Gasteiger partial charge in [-0.15, -0.1) is 0 Å². The highest BCUT2D eigenvalue weighted by atomic mass is 16.2. The summed E-state index contributed by atoms with van der Waals surface area (Å²) in [6, 6.07) is 9.89. The second kappa shape index (κ2) is 16.1. The predicted molar refractivity (Wildman–Crippen MR) is 146 cm³/mol. The molecule has 0 saturated carbocycles. The third kappa shape index (κ3) is 8.75. The molecule has 1 aromatic carbocycles. The van der Waals surface area contributed by atoms with Crippen LogP contribution in [0, 0.1) is 11.8 Å². The molecule has 2 N–H and O–H groups in total. The molecule has 2 atom stereocenters. The monoisotopic (exact) mass is 501 g/mol. The minimum absolute atomic E-state index is 0.0577. The second-order valence-electron chi connectivity index (χ2n) is 9.38. The molecule has 2 heterocycles. The van der Waals surface area contributed by atoms with Crippen molar-refractivity contribution in [3.63, 3.8) is 0 Å². The summed E-state index contributed by atoms with van der Waals surface area (Å²) < 4.78 is 2.01. The lowest BCUT2D eigenvalue weighted by molar-refractivity contribution is -0.142. The Kier molecular flexibility index (Phi) is 14.0. The van der Waals surface area contributed by atoms with Crippen LogP contribution in [0.2, 0.25) is 0 Å². The SMILES string of the molecule is CC.CC(C)C(C)C(=O)N1CCCC1C(=O)NCc1ccc(-c2ccnn2CCN(C)C)cc1.CO. The Balaban J connectivity index is 0.00000154. The fraction of sp³-hybridized carbons (Fsp3) is 0.607. The van der Waals surface area contributed by atoms with Gasteiger partial charge in [-0.3, -0.25) is 14.3 Å². The number of hydrogen-bond acceptors (Lipinski definition) is 5. The minimum atomic E-state index is -0.353. The van der Waals surface area contributed by atoms with Crippen molar-refractivity contribution >= 4 is 11.8 Å². The number of likely N-dealkylation sites (tertiary alicyclic amines) is 1. The first-order chi connectivity index (χ1) is 17.3. The molecule has 1 saturated heterocycles. The number of hydrogen-bond donors (Lipinski definition) is 2. The van der Waals surface area contributed by atoms with Gasteiger partial charge in [-0.05, 0) is 50.0 Å². The number of amides is 2. The van der Waals surface area contributed by atoms with Crippen molar-refractivity contribution in [2.75, 3.05) is 34.3 Å². The fourth-order valence-electron chi connectivity index (χ4n) is 4.00. The molecule has 1 fully saturated rings. The largest absolute Gasteiger partial charge is 0.400 e. The van der Waals surface area contributed by atoms with Crippen LogP contribution in [-0.4, -0.2) is 76.8 Å². The second-order valence-corrected chi connectivity index (χ2v) is 9.38. The van der Waals surface area contributed by atoms with Crippen molar-refractivity contribution in [2.45, 2.75) is 66.6 Å². The van der Waals surface area contributed by atoms with E-state index in [-0.39, 0.29) is 29.7 Å². The molecular weight excluding hydrogens is 454 g/mol. The fourth-order valence-corrected chi connectivity index (χ4v) is 4.00. The summed E-state index contributed by atoms with van der Waals surface area (Å²) in [6.07, 6.45) is 3.44. The molecule has 1 aromatic heterocycles. The van der Waals surface area contributed by atoms with E-state index in [0.29, 0.717) is 13.1 Å². The summed E-state index contributed by atoms with van der Waals surface area (Å²) >= 11 is 0. The summed E-state index contributed by atoms with van der Waals surface area (Å²) in [5.41, 5.74) is 3.22. The number of nitrogens with zero attached hydrogens (tertiary/aromatic N) is 4. The maximum absolute atomic E-state index is 12.8. The Morgan fingerprint density at radius 1 is 1.11 bits per heavy atom. The molecule has 0 radical (unpaired) electrons. The number of aromatic nitrogens is 2. The summed E-state index contributed by atoms with van der Waals surface area (Å²) in [6.45, 7) is 12.9. The Bertz CT molecular complexity index is 908. The number of likely N-dealkylation sites (N-methyl/N-ethyl adjacent to an activating group) is 1. The normalized spacial score (nSPS) is 15.6. The van der Waals surface area contributed by atoms with Crippen molar-refractivity contribution < 1.29 is 14.7 Å². The number of nitrogens with one attached hydrogen (secondary N) is 1. The van der Waals surface area contributed by atoms with Gasteiger partial charge in [-0.1, -0.05) is 58.9 Å². The number of carbonyl (C=O) groups excluding carboxylic acids is 2. The van der Waals surface area contributed by atoms with Gasteiger partial charge >= 0.3 is 0 Å². The van der Waals surface area contributed by atoms with Gasteiger partial charge in [0.05, 0.1) is 12.2 Å². The highest BCUT2D eigenvalue weighted by molar-refractivity contribution is 5.89. The first-order valence-corrected chi connectivity index (χ1v) is 13.1. The smallest absolute Gasteiger partial charge is 0.243 e. The van der Waals surface area contributed by atoms with E-state index in [2.05, 4.69) is 41.5 Å². The molecule has 0 spiro atoms. The van der Waals surface area contributed by atoms with Crippen molar-refractivity contribution in [3.8, 4) is 11.3 Å². The molecule has 3 rings (SSSR count). The molecule has 8 nitrogen and oxygen atoms in total. The number of benzene rings is 1. The molecule has 0 bridgehead atoms. The molecule has 0 aliphatic carbocycles. The summed E-state index contributed by atoms with van der Waals surface area (Å²) in [5, 5.41) is 14.5. The highest BCUT2D eigenvalue weighted by Gasteiger charge is 2.36. The average molecular weight is 502 g/mol. The molecule has 1 aliphatic heterocycles. The topological polar surface area (TPSA) is 90.7 Å². The van der Waals surface area contributed by atoms with E-state index >= 15 is 0 Å². The van der Waals surface area contributed by atoms with Crippen LogP contribution in [-0.2, 0) is 22.7 Å². The number of aliphatic hydroxyl groups excluding tert-OH is 1. The van der Waals surface area contributed by atoms with Crippen LogP contribution in [0.5, 0.6) is 0 Å². The van der Waals surface area contributed by atoms with Crippen LogP contribution in [0.15, 0.2) is 36.5 Å². The van der Waals surface area contributed by atoms with E-state index in [1.54, 1.807) is 4.90 Å². The van der Waals surface area contributed by atoms with Crippen molar-refractivity contribution in [3.05, 3.63) is 42.1 Å². The Morgan fingerprint density at radius 3 is 2.33 bits per heavy atom. The van der Waals surface area contributed by atoms with Crippen molar-refractivity contribution in [2.24, 2.45) is 11.8 Å². The van der Waals surface area contributed by atoms with Crippen molar-refractivity contribution in [1.82, 2.24) is 24.9 Å². The first kappa shape index (κ1) is 31.3. The Morgan fingerprint density at radius 2 is 1.75 bits per heavy atom. The molecule has 2 aromatic rings. The van der Waals surface area contributed by atoms with Crippen molar-refractivity contribution in [1.29, 1.82) is 0 Å². The molecule has 36 heavy (non-hydrogen) atoms. The number of aliphatic hydroxyl groups is 1. The zero-order chi connectivity index (χ0) is 27.3. The lowest BCUT2D eigenvalue weighted by Crippen LogP contribution is -2.48. The van der Waals surface area contributed by atoms with E-state index in [0.717, 1.165) is 49.9 Å². The molecule has 202 valence electrons. The Labute approximate surface area is 217 Å². The highest BCUT2D eigenvalue weighted by Crippen LogP contribution is 2.23. The van der Waals surface area contributed by atoms with Gasteiger partial charge in [0.15, 0.2) is 0 Å². The summed E-state index contributed by atoms with van der Waals surface area (Å²) in [5.74, 6) is 0.233. The van der Waals surface area contributed by atoms with Gasteiger partial charge in [0.1, 0.15) is 6.04 Å².